The highest BCUT2D eigenvalue weighted by Gasteiger charge is 2.29. The first kappa shape index (κ1) is 12.0. The number of hydrogen-bond donors (Lipinski definition) is 1. The first-order valence-corrected chi connectivity index (χ1v) is 6.26. The molecule has 14 heavy (non-hydrogen) atoms. The highest BCUT2D eigenvalue weighted by Crippen LogP contribution is 2.35. The van der Waals surface area contributed by atoms with Gasteiger partial charge in [0.1, 0.15) is 0 Å². The van der Waals surface area contributed by atoms with Crippen LogP contribution in [0.15, 0.2) is 0 Å². The summed E-state index contributed by atoms with van der Waals surface area (Å²) in [6.45, 7) is 9.33. The van der Waals surface area contributed by atoms with Crippen molar-refractivity contribution in [1.82, 2.24) is 0 Å². The molecule has 3 atom stereocenters. The normalized spacial score (nSPS) is 34.1. The summed E-state index contributed by atoms with van der Waals surface area (Å²) in [6.07, 6.45) is 5.30. The second-order valence-corrected chi connectivity index (χ2v) is 5.87. The zero-order chi connectivity index (χ0) is 10.7. The maximum atomic E-state index is 6.19. The van der Waals surface area contributed by atoms with Crippen LogP contribution in [0.1, 0.15) is 53.4 Å². The Bertz CT molecular complexity index is 163. The first-order valence-electron chi connectivity index (χ1n) is 6.26. The van der Waals surface area contributed by atoms with Crippen LogP contribution in [0.25, 0.3) is 0 Å². The summed E-state index contributed by atoms with van der Waals surface area (Å²) in [7, 11) is 0. The van der Waals surface area contributed by atoms with Crippen molar-refractivity contribution in [2.24, 2.45) is 29.4 Å². The Kier molecular flexibility index (Phi) is 4.43. The van der Waals surface area contributed by atoms with Gasteiger partial charge in [0.15, 0.2) is 0 Å². The monoisotopic (exact) mass is 197 g/mol. The van der Waals surface area contributed by atoms with Crippen molar-refractivity contribution in [1.29, 1.82) is 0 Å². The van der Waals surface area contributed by atoms with E-state index in [-0.39, 0.29) is 0 Å². The molecule has 1 rings (SSSR count). The van der Waals surface area contributed by atoms with Crippen LogP contribution in [-0.2, 0) is 0 Å². The lowest BCUT2D eigenvalue weighted by atomic mass is 9.71. The molecule has 0 bridgehead atoms. The van der Waals surface area contributed by atoms with Gasteiger partial charge in [-0.2, -0.15) is 0 Å². The van der Waals surface area contributed by atoms with Crippen LogP contribution in [-0.4, -0.2) is 6.04 Å². The highest BCUT2D eigenvalue weighted by molar-refractivity contribution is 4.84. The smallest absolute Gasteiger partial charge is 0.00674 e. The molecule has 0 spiro atoms. The van der Waals surface area contributed by atoms with Gasteiger partial charge in [0.05, 0.1) is 0 Å². The van der Waals surface area contributed by atoms with E-state index in [2.05, 4.69) is 27.7 Å². The quantitative estimate of drug-likeness (QED) is 0.737. The molecule has 2 N–H and O–H groups in total. The molecule has 0 aromatic carbocycles. The van der Waals surface area contributed by atoms with Gasteiger partial charge in [0, 0.05) is 6.04 Å². The third-order valence-electron chi connectivity index (χ3n) is 3.80. The van der Waals surface area contributed by atoms with Crippen molar-refractivity contribution < 1.29 is 0 Å². The SMILES string of the molecule is CC(C)CC1CC(C(C)C)CCC1N. The van der Waals surface area contributed by atoms with Crippen molar-refractivity contribution in [2.45, 2.75) is 59.4 Å². The average Bonchev–Trinajstić information content (AvgIpc) is 2.07. The van der Waals surface area contributed by atoms with Crippen molar-refractivity contribution >= 4 is 0 Å². The summed E-state index contributed by atoms with van der Waals surface area (Å²) in [4.78, 5) is 0. The van der Waals surface area contributed by atoms with Crippen LogP contribution in [0.2, 0.25) is 0 Å². The zero-order valence-corrected chi connectivity index (χ0v) is 10.3. The molecular weight excluding hydrogens is 170 g/mol. The van der Waals surface area contributed by atoms with Gasteiger partial charge in [0.2, 0.25) is 0 Å². The molecule has 1 aliphatic rings. The van der Waals surface area contributed by atoms with Crippen LogP contribution >= 0.6 is 0 Å². The Balaban J connectivity index is 2.46. The van der Waals surface area contributed by atoms with E-state index in [1.54, 1.807) is 0 Å². The summed E-state index contributed by atoms with van der Waals surface area (Å²) in [5.41, 5.74) is 6.19. The Morgan fingerprint density at radius 1 is 1.14 bits per heavy atom. The van der Waals surface area contributed by atoms with Gasteiger partial charge in [-0.3, -0.25) is 0 Å². The van der Waals surface area contributed by atoms with Crippen LogP contribution in [0.3, 0.4) is 0 Å². The fraction of sp³-hybridized carbons (Fsp3) is 1.00. The Labute approximate surface area is 89.5 Å². The molecule has 1 heteroatoms. The lowest BCUT2D eigenvalue weighted by Crippen LogP contribution is -2.38. The van der Waals surface area contributed by atoms with Gasteiger partial charge in [-0.1, -0.05) is 27.7 Å². The van der Waals surface area contributed by atoms with Gasteiger partial charge < -0.3 is 5.73 Å². The topological polar surface area (TPSA) is 26.0 Å². The third-order valence-corrected chi connectivity index (χ3v) is 3.80. The summed E-state index contributed by atoms with van der Waals surface area (Å²) in [5.74, 6) is 3.36. The second kappa shape index (κ2) is 5.16. The van der Waals surface area contributed by atoms with E-state index < -0.39 is 0 Å². The lowest BCUT2D eigenvalue weighted by molar-refractivity contribution is 0.170. The maximum Gasteiger partial charge on any atom is 0.00674 e. The van der Waals surface area contributed by atoms with Gasteiger partial charge in [0.25, 0.3) is 0 Å². The molecule has 84 valence electrons. The molecule has 0 aromatic heterocycles. The summed E-state index contributed by atoms with van der Waals surface area (Å²) < 4.78 is 0. The van der Waals surface area contributed by atoms with Gasteiger partial charge >= 0.3 is 0 Å². The lowest BCUT2D eigenvalue weighted by Gasteiger charge is -2.37. The summed E-state index contributed by atoms with van der Waals surface area (Å²) >= 11 is 0. The van der Waals surface area contributed by atoms with Crippen molar-refractivity contribution in [3.8, 4) is 0 Å². The van der Waals surface area contributed by atoms with Crippen LogP contribution < -0.4 is 5.73 Å². The van der Waals surface area contributed by atoms with E-state index in [9.17, 15) is 0 Å². The largest absolute Gasteiger partial charge is 0.327 e. The van der Waals surface area contributed by atoms with E-state index in [1.807, 2.05) is 0 Å². The van der Waals surface area contributed by atoms with Crippen molar-refractivity contribution in [3.63, 3.8) is 0 Å². The fourth-order valence-electron chi connectivity index (χ4n) is 2.81. The molecule has 1 saturated carbocycles. The van der Waals surface area contributed by atoms with Crippen LogP contribution in [0.4, 0.5) is 0 Å². The standard InChI is InChI=1S/C13H27N/c1-9(2)7-12-8-11(10(3)4)5-6-13(12)14/h9-13H,5-8,14H2,1-4H3. The van der Waals surface area contributed by atoms with Crippen molar-refractivity contribution in [2.75, 3.05) is 0 Å². The molecule has 3 unspecified atom stereocenters. The Morgan fingerprint density at radius 3 is 2.29 bits per heavy atom. The van der Waals surface area contributed by atoms with Gasteiger partial charge in [-0.15, -0.1) is 0 Å². The molecule has 0 aromatic rings. The number of nitrogens with two attached hydrogens (primary N) is 1. The van der Waals surface area contributed by atoms with Gasteiger partial charge in [-0.05, 0) is 49.4 Å². The fourth-order valence-corrected chi connectivity index (χ4v) is 2.81. The Morgan fingerprint density at radius 2 is 1.79 bits per heavy atom. The predicted octanol–water partition coefficient (Wildman–Crippen LogP) is 3.43. The molecule has 0 aliphatic heterocycles. The van der Waals surface area contributed by atoms with E-state index in [1.165, 1.54) is 25.7 Å². The van der Waals surface area contributed by atoms with Crippen LogP contribution in [0, 0.1) is 23.7 Å². The van der Waals surface area contributed by atoms with Crippen molar-refractivity contribution in [3.05, 3.63) is 0 Å². The minimum atomic E-state index is 0.479. The minimum Gasteiger partial charge on any atom is -0.327 e. The first-order chi connectivity index (χ1) is 6.50. The molecule has 0 amide bonds. The Hall–Kier alpha value is -0.0400. The summed E-state index contributed by atoms with van der Waals surface area (Å²) in [6, 6.07) is 0.479. The molecule has 0 radical (unpaired) electrons. The second-order valence-electron chi connectivity index (χ2n) is 5.87. The van der Waals surface area contributed by atoms with E-state index in [4.69, 9.17) is 5.73 Å². The number of hydrogen-bond acceptors (Lipinski definition) is 1. The summed E-state index contributed by atoms with van der Waals surface area (Å²) in [5, 5.41) is 0. The molecule has 1 nitrogen and oxygen atoms in total. The predicted molar refractivity (Wildman–Crippen MR) is 63.1 cm³/mol. The highest BCUT2D eigenvalue weighted by atomic mass is 14.7. The van der Waals surface area contributed by atoms with E-state index in [0.717, 1.165) is 23.7 Å². The molecule has 1 fully saturated rings. The van der Waals surface area contributed by atoms with E-state index >= 15 is 0 Å². The maximum absolute atomic E-state index is 6.19. The third kappa shape index (κ3) is 3.27. The minimum absolute atomic E-state index is 0.479. The van der Waals surface area contributed by atoms with Crippen LogP contribution in [0.5, 0.6) is 0 Å². The molecule has 0 saturated heterocycles. The van der Waals surface area contributed by atoms with Gasteiger partial charge in [-0.25, -0.2) is 0 Å². The average molecular weight is 197 g/mol. The zero-order valence-electron chi connectivity index (χ0n) is 10.3. The number of rotatable bonds is 3. The molecule has 1 aliphatic carbocycles. The molecule has 0 heterocycles. The van der Waals surface area contributed by atoms with E-state index in [0.29, 0.717) is 6.04 Å². The molecular formula is C13H27N.